The molecule has 2 aromatic carbocycles. The summed E-state index contributed by atoms with van der Waals surface area (Å²) in [5.41, 5.74) is -0.829. The van der Waals surface area contributed by atoms with Gasteiger partial charge >= 0.3 is 0 Å². The number of ether oxygens (including phenoxy) is 5. The molecule has 11 heteroatoms. The van der Waals surface area contributed by atoms with Gasteiger partial charge in [-0.1, -0.05) is 6.07 Å². The van der Waals surface area contributed by atoms with Crippen LogP contribution < -0.4 is 4.74 Å². The molecule has 2 N–H and O–H groups in total. The van der Waals surface area contributed by atoms with E-state index in [9.17, 15) is 29.4 Å². The molecule has 226 valence electrons. The standard InChI is InChI=1S/C32H32O11/c1-12-18(33)8-23-31(41-12)43-30-13(2)40-21(9-22(30)42-23)14-5-6-15-26(27(14)35)29(37)16-7-20(39-4)17-10-32(3,38)11-19(34)24(17)25(16)28(15)36/h5-7,12-13,21-23,30-31,35,38H,8-11H2,1-4H3/t12-,13+,21+,22+,23-,30+,31-,32+/m0/s1. The number of phenolic OH excluding ortho intramolecular Hbond substituents is 1. The third kappa shape index (κ3) is 4.28. The van der Waals surface area contributed by atoms with Gasteiger partial charge in [0.2, 0.25) is 0 Å². The van der Waals surface area contributed by atoms with Crippen LogP contribution in [0.2, 0.25) is 0 Å². The fourth-order valence-electron chi connectivity index (χ4n) is 7.22. The summed E-state index contributed by atoms with van der Waals surface area (Å²) in [6.45, 7) is 5.03. The van der Waals surface area contributed by atoms with Crippen molar-refractivity contribution in [2.24, 2.45) is 0 Å². The Bertz CT molecular complexity index is 1610. The lowest BCUT2D eigenvalue weighted by atomic mass is 9.72. The van der Waals surface area contributed by atoms with Crippen LogP contribution in [0.25, 0.3) is 0 Å². The van der Waals surface area contributed by atoms with Crippen molar-refractivity contribution in [1.82, 2.24) is 0 Å². The lowest BCUT2D eigenvalue weighted by Gasteiger charge is -2.49. The minimum atomic E-state index is -1.32. The highest BCUT2D eigenvalue weighted by Gasteiger charge is 2.51. The Kier molecular flexibility index (Phi) is 6.43. The molecule has 0 unspecified atom stereocenters. The molecule has 2 aliphatic carbocycles. The van der Waals surface area contributed by atoms with E-state index in [0.717, 1.165) is 0 Å². The van der Waals surface area contributed by atoms with Gasteiger partial charge in [-0.3, -0.25) is 19.2 Å². The highest BCUT2D eigenvalue weighted by atomic mass is 16.7. The molecule has 5 aliphatic rings. The maximum atomic E-state index is 13.9. The normalized spacial score (nSPS) is 35.0. The van der Waals surface area contributed by atoms with Gasteiger partial charge in [0.25, 0.3) is 0 Å². The van der Waals surface area contributed by atoms with E-state index >= 15 is 0 Å². The molecule has 8 atom stereocenters. The van der Waals surface area contributed by atoms with Gasteiger partial charge in [0.05, 0.1) is 36.6 Å². The van der Waals surface area contributed by atoms with Gasteiger partial charge in [-0.2, -0.15) is 0 Å². The van der Waals surface area contributed by atoms with Crippen molar-refractivity contribution in [3.63, 3.8) is 0 Å². The monoisotopic (exact) mass is 592 g/mol. The molecular formula is C32H32O11. The van der Waals surface area contributed by atoms with E-state index in [2.05, 4.69) is 0 Å². The molecule has 0 spiro atoms. The van der Waals surface area contributed by atoms with Gasteiger partial charge in [-0.25, -0.2) is 0 Å². The van der Waals surface area contributed by atoms with Crippen molar-refractivity contribution in [3.8, 4) is 11.5 Å². The smallest absolute Gasteiger partial charge is 0.198 e. The summed E-state index contributed by atoms with van der Waals surface area (Å²) >= 11 is 0. The fraction of sp³-hybridized carbons (Fsp3) is 0.500. The summed E-state index contributed by atoms with van der Waals surface area (Å²) in [4.78, 5) is 53.3. The molecule has 0 amide bonds. The number of aromatic hydroxyl groups is 1. The van der Waals surface area contributed by atoms with Gasteiger partial charge in [-0.05, 0) is 32.9 Å². The Morgan fingerprint density at radius 3 is 2.40 bits per heavy atom. The molecule has 3 fully saturated rings. The average Bonchev–Trinajstić information content (AvgIpc) is 2.94. The molecule has 0 aromatic heterocycles. The zero-order valence-electron chi connectivity index (χ0n) is 24.2. The third-order valence-corrected chi connectivity index (χ3v) is 9.28. The van der Waals surface area contributed by atoms with Crippen molar-refractivity contribution < 1.29 is 53.1 Å². The van der Waals surface area contributed by atoms with Crippen LogP contribution in [-0.2, 0) is 30.2 Å². The molecule has 43 heavy (non-hydrogen) atoms. The SMILES string of the molecule is COc1cc2c(c3c1C[C@@](C)(O)CC3=O)C(=O)c1ccc([C@H]3C[C@H]4O[C@H]5CC(=O)[C@H](C)O[C@H]5O[C@@H]4[C@@H](C)O3)c(O)c1C2=O. The number of fused-ring (bicyclic) bond motifs is 6. The van der Waals surface area contributed by atoms with E-state index in [4.69, 9.17) is 23.7 Å². The Balaban J connectivity index is 1.24. The number of carbonyl (C=O) groups is 4. The highest BCUT2D eigenvalue weighted by molar-refractivity contribution is 6.32. The Labute approximate surface area is 247 Å². The third-order valence-electron chi connectivity index (χ3n) is 9.28. The number of carbonyl (C=O) groups excluding carboxylic acids is 4. The second kappa shape index (κ2) is 9.76. The van der Waals surface area contributed by atoms with Crippen LogP contribution in [0.3, 0.4) is 0 Å². The first kappa shape index (κ1) is 28.3. The van der Waals surface area contributed by atoms with Crippen LogP contribution in [0.4, 0.5) is 0 Å². The summed E-state index contributed by atoms with van der Waals surface area (Å²) in [5, 5.41) is 22.1. The van der Waals surface area contributed by atoms with Crippen LogP contribution in [0, 0.1) is 0 Å². The maximum Gasteiger partial charge on any atom is 0.198 e. The number of methoxy groups -OCH3 is 1. The molecule has 0 radical (unpaired) electrons. The lowest BCUT2D eigenvalue weighted by molar-refractivity contribution is -0.347. The number of hydrogen-bond acceptors (Lipinski definition) is 11. The quantitative estimate of drug-likeness (QED) is 0.451. The fourth-order valence-corrected chi connectivity index (χ4v) is 7.22. The van der Waals surface area contributed by atoms with Crippen molar-refractivity contribution in [2.45, 2.75) is 95.0 Å². The van der Waals surface area contributed by atoms with E-state index in [1.54, 1.807) is 13.0 Å². The van der Waals surface area contributed by atoms with E-state index in [1.165, 1.54) is 26.2 Å². The number of Topliss-reactive ketones (excluding diaryl/α,β-unsaturated/α-hetero) is 2. The molecule has 2 aromatic rings. The summed E-state index contributed by atoms with van der Waals surface area (Å²) in [6.07, 6.45) is -3.62. The topological polar surface area (TPSA) is 155 Å². The predicted octanol–water partition coefficient (Wildman–Crippen LogP) is 2.76. The van der Waals surface area contributed by atoms with Crippen molar-refractivity contribution in [3.05, 3.63) is 57.1 Å². The molecule has 0 bridgehead atoms. The number of phenols is 1. The van der Waals surface area contributed by atoms with Gasteiger partial charge in [0.15, 0.2) is 29.4 Å². The van der Waals surface area contributed by atoms with Crippen LogP contribution >= 0.6 is 0 Å². The Morgan fingerprint density at radius 2 is 1.65 bits per heavy atom. The van der Waals surface area contributed by atoms with E-state index < -0.39 is 65.9 Å². The molecule has 7 rings (SSSR count). The largest absolute Gasteiger partial charge is 0.507 e. The van der Waals surface area contributed by atoms with Crippen LogP contribution in [0.1, 0.15) is 99.5 Å². The summed E-state index contributed by atoms with van der Waals surface area (Å²) in [7, 11) is 1.39. The molecule has 3 saturated heterocycles. The minimum Gasteiger partial charge on any atom is -0.507 e. The molecule has 3 aliphatic heterocycles. The Hall–Kier alpha value is -3.48. The van der Waals surface area contributed by atoms with Crippen LogP contribution in [-0.4, -0.2) is 82.9 Å². The van der Waals surface area contributed by atoms with E-state index in [0.29, 0.717) is 11.1 Å². The first-order valence-electron chi connectivity index (χ1n) is 14.5. The number of benzene rings is 2. The predicted molar refractivity (Wildman–Crippen MR) is 147 cm³/mol. The number of hydrogen-bond donors (Lipinski definition) is 2. The van der Waals surface area contributed by atoms with E-state index in [-0.39, 0.29) is 70.8 Å². The zero-order chi connectivity index (χ0) is 30.5. The summed E-state index contributed by atoms with van der Waals surface area (Å²) < 4.78 is 29.8. The van der Waals surface area contributed by atoms with Gasteiger partial charge in [0.1, 0.15) is 29.8 Å². The maximum absolute atomic E-state index is 13.9. The second-order valence-corrected chi connectivity index (χ2v) is 12.4. The highest BCUT2D eigenvalue weighted by Crippen LogP contribution is 2.47. The second-order valence-electron chi connectivity index (χ2n) is 12.4. The molecular weight excluding hydrogens is 560 g/mol. The number of aliphatic hydroxyl groups is 1. The van der Waals surface area contributed by atoms with E-state index in [1.807, 2.05) is 6.92 Å². The molecule has 11 nitrogen and oxygen atoms in total. The summed E-state index contributed by atoms with van der Waals surface area (Å²) in [5.74, 6) is -1.88. The zero-order valence-corrected chi connectivity index (χ0v) is 24.2. The first-order chi connectivity index (χ1) is 20.4. The molecule has 3 heterocycles. The number of ketones is 4. The van der Waals surface area contributed by atoms with Gasteiger partial charge < -0.3 is 33.9 Å². The minimum absolute atomic E-state index is 0.0231. The first-order valence-corrected chi connectivity index (χ1v) is 14.5. The van der Waals surface area contributed by atoms with Crippen LogP contribution in [0.5, 0.6) is 11.5 Å². The van der Waals surface area contributed by atoms with Crippen molar-refractivity contribution in [1.29, 1.82) is 0 Å². The molecule has 0 saturated carbocycles. The van der Waals surface area contributed by atoms with Crippen molar-refractivity contribution in [2.75, 3.05) is 7.11 Å². The number of rotatable bonds is 2. The van der Waals surface area contributed by atoms with Crippen molar-refractivity contribution >= 4 is 23.1 Å². The van der Waals surface area contributed by atoms with Crippen LogP contribution in [0.15, 0.2) is 18.2 Å². The summed E-state index contributed by atoms with van der Waals surface area (Å²) in [6, 6.07) is 4.42. The Morgan fingerprint density at radius 1 is 0.907 bits per heavy atom. The lowest BCUT2D eigenvalue weighted by Crippen LogP contribution is -2.60. The average molecular weight is 593 g/mol. The van der Waals surface area contributed by atoms with Gasteiger partial charge in [-0.15, -0.1) is 0 Å². The van der Waals surface area contributed by atoms with Gasteiger partial charge in [0, 0.05) is 59.1 Å².